The number of rotatable bonds is 13. The molecule has 0 amide bonds. The molecule has 30 heavy (non-hydrogen) atoms. The van der Waals surface area contributed by atoms with Crippen LogP contribution in [0.3, 0.4) is 0 Å². The Balaban J connectivity index is 2.06. The van der Waals surface area contributed by atoms with Gasteiger partial charge in [0.05, 0.1) is 33.0 Å². The van der Waals surface area contributed by atoms with E-state index in [2.05, 4.69) is 33.1 Å². The van der Waals surface area contributed by atoms with Gasteiger partial charge in [0.25, 0.3) is 0 Å². The third kappa shape index (κ3) is 6.57. The molecule has 5 nitrogen and oxygen atoms in total. The molecule has 1 unspecified atom stereocenters. The highest BCUT2D eigenvalue weighted by Crippen LogP contribution is 2.36. The van der Waals surface area contributed by atoms with Crippen LogP contribution in [-0.2, 0) is 15.9 Å². The van der Waals surface area contributed by atoms with E-state index in [1.807, 2.05) is 18.4 Å². The minimum atomic E-state index is -0.117. The van der Waals surface area contributed by atoms with Crippen LogP contribution < -0.4 is 9.47 Å². The fourth-order valence-corrected chi connectivity index (χ4v) is 3.34. The minimum Gasteiger partial charge on any atom is -0.493 e. The zero-order chi connectivity index (χ0) is 22.0. The Morgan fingerprint density at radius 1 is 1.20 bits per heavy atom. The van der Waals surface area contributed by atoms with Gasteiger partial charge in [-0.2, -0.15) is 0 Å². The van der Waals surface area contributed by atoms with Crippen molar-refractivity contribution in [1.82, 2.24) is 0 Å². The molecule has 0 bridgehead atoms. The van der Waals surface area contributed by atoms with E-state index in [1.54, 1.807) is 26.4 Å². The van der Waals surface area contributed by atoms with Crippen LogP contribution >= 0.6 is 0 Å². The second-order valence-corrected chi connectivity index (χ2v) is 8.06. The number of aliphatic imine (C=N–C) groups is 1. The molecule has 1 aliphatic rings. The standard InChI is InChI=1S/C25H35NO4/c1-7-10-19(8-2)17-29-18-25(3,4)24-15-20-13-23(30-12-9-11-27-5)22(28-6)14-21(20)16-26-24/h7-8,10,13-14,16,24H,1-2,9,11-12,15,17-18H2,3-6H3/b19-10+. The van der Waals surface area contributed by atoms with Crippen molar-refractivity contribution in [1.29, 1.82) is 0 Å². The van der Waals surface area contributed by atoms with E-state index in [9.17, 15) is 0 Å². The van der Waals surface area contributed by atoms with Gasteiger partial charge in [0.2, 0.25) is 0 Å². The van der Waals surface area contributed by atoms with Crippen molar-refractivity contribution >= 4 is 6.21 Å². The molecular formula is C25H35NO4. The minimum absolute atomic E-state index is 0.117. The molecule has 1 heterocycles. The van der Waals surface area contributed by atoms with E-state index in [-0.39, 0.29) is 11.5 Å². The normalized spacial score (nSPS) is 16.1. The molecule has 5 heteroatoms. The van der Waals surface area contributed by atoms with Crippen molar-refractivity contribution in [3.63, 3.8) is 0 Å². The van der Waals surface area contributed by atoms with Gasteiger partial charge in [-0.25, -0.2) is 0 Å². The van der Waals surface area contributed by atoms with Gasteiger partial charge in [-0.1, -0.05) is 45.2 Å². The Hall–Kier alpha value is -2.37. The molecule has 1 aromatic rings. The SMILES string of the molecule is C=C/C=C(\C=C)COCC(C)(C)C1Cc2cc(OCCCOC)c(OC)cc2C=N1. The molecule has 0 fully saturated rings. The summed E-state index contributed by atoms with van der Waals surface area (Å²) in [5, 5.41) is 0. The van der Waals surface area contributed by atoms with E-state index in [1.165, 1.54) is 5.56 Å². The summed E-state index contributed by atoms with van der Waals surface area (Å²) in [6.07, 6.45) is 9.06. The summed E-state index contributed by atoms with van der Waals surface area (Å²) < 4.78 is 22.5. The quantitative estimate of drug-likeness (QED) is 0.344. The Morgan fingerprint density at radius 2 is 2.00 bits per heavy atom. The average molecular weight is 414 g/mol. The number of nitrogens with zero attached hydrogens (tertiary/aromatic N) is 1. The second kappa shape index (κ2) is 11.7. The third-order valence-electron chi connectivity index (χ3n) is 5.22. The second-order valence-electron chi connectivity index (χ2n) is 8.06. The molecule has 0 radical (unpaired) electrons. The van der Waals surface area contributed by atoms with Gasteiger partial charge >= 0.3 is 0 Å². The molecule has 1 aromatic carbocycles. The molecule has 0 N–H and O–H groups in total. The van der Waals surface area contributed by atoms with Crippen LogP contribution in [0.5, 0.6) is 11.5 Å². The molecule has 0 saturated heterocycles. The van der Waals surface area contributed by atoms with E-state index < -0.39 is 0 Å². The van der Waals surface area contributed by atoms with Crippen molar-refractivity contribution in [3.05, 3.63) is 60.2 Å². The van der Waals surface area contributed by atoms with Crippen LogP contribution in [-0.4, -0.2) is 52.9 Å². The van der Waals surface area contributed by atoms with Crippen LogP contribution in [0.15, 0.2) is 54.1 Å². The summed E-state index contributed by atoms with van der Waals surface area (Å²) in [6.45, 7) is 14.3. The number of benzene rings is 1. The average Bonchev–Trinajstić information content (AvgIpc) is 2.75. The summed E-state index contributed by atoms with van der Waals surface area (Å²) in [7, 11) is 3.35. The fraction of sp³-hybridized carbons (Fsp3) is 0.480. The lowest BCUT2D eigenvalue weighted by molar-refractivity contribution is 0.0625. The zero-order valence-corrected chi connectivity index (χ0v) is 18.8. The monoisotopic (exact) mass is 413 g/mol. The number of hydrogen-bond donors (Lipinski definition) is 0. The summed E-state index contributed by atoms with van der Waals surface area (Å²) >= 11 is 0. The number of ether oxygens (including phenoxy) is 4. The lowest BCUT2D eigenvalue weighted by atomic mass is 9.80. The number of allylic oxidation sites excluding steroid dienone is 2. The number of fused-ring (bicyclic) bond motifs is 1. The van der Waals surface area contributed by atoms with Crippen molar-refractivity contribution in [2.45, 2.75) is 32.7 Å². The Labute approximate surface area is 181 Å². The molecule has 1 aliphatic heterocycles. The highest BCUT2D eigenvalue weighted by molar-refractivity contribution is 5.84. The largest absolute Gasteiger partial charge is 0.493 e. The summed E-state index contributed by atoms with van der Waals surface area (Å²) in [5.74, 6) is 1.49. The third-order valence-corrected chi connectivity index (χ3v) is 5.22. The molecule has 2 rings (SSSR count). The van der Waals surface area contributed by atoms with Gasteiger partial charge in [0.15, 0.2) is 11.5 Å². The fourth-order valence-electron chi connectivity index (χ4n) is 3.34. The van der Waals surface area contributed by atoms with Crippen LogP contribution in [0.1, 0.15) is 31.4 Å². The highest BCUT2D eigenvalue weighted by atomic mass is 16.5. The summed E-state index contributed by atoms with van der Waals surface area (Å²) in [4.78, 5) is 4.82. The van der Waals surface area contributed by atoms with Crippen molar-refractivity contribution < 1.29 is 18.9 Å². The Bertz CT molecular complexity index is 780. The van der Waals surface area contributed by atoms with E-state index in [0.717, 1.165) is 35.5 Å². The van der Waals surface area contributed by atoms with Gasteiger partial charge in [-0.15, -0.1) is 0 Å². The van der Waals surface area contributed by atoms with Crippen LogP contribution in [0.4, 0.5) is 0 Å². The Kier molecular flexibility index (Phi) is 9.34. The van der Waals surface area contributed by atoms with E-state index >= 15 is 0 Å². The molecule has 0 aliphatic carbocycles. The smallest absolute Gasteiger partial charge is 0.161 e. The lowest BCUT2D eigenvalue weighted by Gasteiger charge is -2.34. The molecule has 1 atom stereocenters. The van der Waals surface area contributed by atoms with Gasteiger partial charge in [-0.05, 0) is 35.3 Å². The first-order chi connectivity index (χ1) is 14.4. The summed E-state index contributed by atoms with van der Waals surface area (Å²) in [5.41, 5.74) is 3.19. The molecule has 0 aromatic heterocycles. The molecule has 0 saturated carbocycles. The predicted molar refractivity (Wildman–Crippen MR) is 123 cm³/mol. The van der Waals surface area contributed by atoms with E-state index in [0.29, 0.717) is 26.4 Å². The van der Waals surface area contributed by atoms with Crippen molar-refractivity contribution in [2.24, 2.45) is 10.4 Å². The van der Waals surface area contributed by atoms with E-state index in [4.69, 9.17) is 23.9 Å². The molecule has 164 valence electrons. The van der Waals surface area contributed by atoms with Gasteiger partial charge in [0, 0.05) is 31.8 Å². The maximum Gasteiger partial charge on any atom is 0.161 e. The van der Waals surface area contributed by atoms with Gasteiger partial charge in [-0.3, -0.25) is 4.99 Å². The maximum absolute atomic E-state index is 5.96. The molecular weight excluding hydrogens is 378 g/mol. The molecule has 0 spiro atoms. The lowest BCUT2D eigenvalue weighted by Crippen LogP contribution is -2.36. The summed E-state index contributed by atoms with van der Waals surface area (Å²) in [6, 6.07) is 4.20. The van der Waals surface area contributed by atoms with Crippen molar-refractivity contribution in [2.75, 3.05) is 40.6 Å². The topological polar surface area (TPSA) is 49.3 Å². The maximum atomic E-state index is 5.96. The van der Waals surface area contributed by atoms with Crippen LogP contribution in [0.2, 0.25) is 0 Å². The van der Waals surface area contributed by atoms with Crippen molar-refractivity contribution in [3.8, 4) is 11.5 Å². The van der Waals surface area contributed by atoms with Gasteiger partial charge < -0.3 is 18.9 Å². The van der Waals surface area contributed by atoms with Gasteiger partial charge in [0.1, 0.15) is 0 Å². The first-order valence-electron chi connectivity index (χ1n) is 10.3. The predicted octanol–water partition coefficient (Wildman–Crippen LogP) is 4.80. The van der Waals surface area contributed by atoms with Crippen LogP contribution in [0.25, 0.3) is 0 Å². The Morgan fingerprint density at radius 3 is 2.67 bits per heavy atom. The zero-order valence-electron chi connectivity index (χ0n) is 18.8. The van der Waals surface area contributed by atoms with Crippen LogP contribution in [0, 0.1) is 5.41 Å². The number of hydrogen-bond acceptors (Lipinski definition) is 5. The first kappa shape index (κ1) is 23.9. The highest BCUT2D eigenvalue weighted by Gasteiger charge is 2.32. The first-order valence-corrected chi connectivity index (χ1v) is 10.3. The number of methoxy groups -OCH3 is 2.